The van der Waals surface area contributed by atoms with Gasteiger partial charge in [-0.1, -0.05) is 12.7 Å². The first-order valence-corrected chi connectivity index (χ1v) is 8.96. The summed E-state index contributed by atoms with van der Waals surface area (Å²) >= 11 is 0. The van der Waals surface area contributed by atoms with E-state index in [9.17, 15) is 14.4 Å². The maximum atomic E-state index is 11.9. The van der Waals surface area contributed by atoms with Crippen LogP contribution in [0, 0.1) is 6.92 Å². The van der Waals surface area contributed by atoms with Gasteiger partial charge in [0.25, 0.3) is 0 Å². The quantitative estimate of drug-likeness (QED) is 0.370. The molecule has 0 unspecified atom stereocenters. The lowest BCUT2D eigenvalue weighted by Gasteiger charge is -2.13. The second-order valence-electron chi connectivity index (χ2n) is 6.50. The number of rotatable bonds is 9. The first-order chi connectivity index (χ1) is 13.3. The molecule has 0 N–H and O–H groups in total. The zero-order chi connectivity index (χ0) is 20.7. The van der Waals surface area contributed by atoms with Crippen molar-refractivity contribution in [1.29, 1.82) is 0 Å². The molecule has 0 aliphatic carbocycles. The maximum Gasteiger partial charge on any atom is 0.344 e. The summed E-state index contributed by atoms with van der Waals surface area (Å²) in [6, 6.07) is 4.74. The van der Waals surface area contributed by atoms with Crippen molar-refractivity contribution < 1.29 is 28.2 Å². The van der Waals surface area contributed by atoms with Gasteiger partial charge >= 0.3 is 17.6 Å². The fourth-order valence-electron chi connectivity index (χ4n) is 2.61. The van der Waals surface area contributed by atoms with Gasteiger partial charge in [0.2, 0.25) is 0 Å². The smallest absolute Gasteiger partial charge is 0.344 e. The summed E-state index contributed by atoms with van der Waals surface area (Å²) < 4.78 is 20.9. The van der Waals surface area contributed by atoms with E-state index in [1.165, 1.54) is 12.1 Å². The van der Waals surface area contributed by atoms with Crippen molar-refractivity contribution in [3.05, 3.63) is 52.4 Å². The predicted octanol–water partition coefficient (Wildman–Crippen LogP) is 3.09. The molecule has 0 spiro atoms. The number of fused-ring (bicyclic) bond motifs is 1. The molecule has 28 heavy (non-hydrogen) atoms. The highest BCUT2D eigenvalue weighted by Gasteiger charge is 2.15. The third kappa shape index (κ3) is 5.97. The number of carbonyl (C=O) groups is 2. The van der Waals surface area contributed by atoms with Crippen LogP contribution in [0.2, 0.25) is 0 Å². The van der Waals surface area contributed by atoms with E-state index < -0.39 is 11.6 Å². The van der Waals surface area contributed by atoms with E-state index in [0.717, 1.165) is 10.9 Å². The SMILES string of the molecule is C=CCOC(=O)COc1cc2oc(=O)cc(C)c2cc1CCC(=O)OC(C)C. The summed E-state index contributed by atoms with van der Waals surface area (Å²) in [5.74, 6) is -0.548. The van der Waals surface area contributed by atoms with Crippen LogP contribution in [0.5, 0.6) is 5.75 Å². The first kappa shape index (κ1) is 21.2. The molecule has 150 valence electrons. The third-order valence-electron chi connectivity index (χ3n) is 3.81. The van der Waals surface area contributed by atoms with E-state index in [4.69, 9.17) is 18.6 Å². The molecular formula is C21H24O7. The van der Waals surface area contributed by atoms with E-state index in [0.29, 0.717) is 23.3 Å². The highest BCUT2D eigenvalue weighted by Crippen LogP contribution is 2.28. The van der Waals surface area contributed by atoms with Crippen LogP contribution >= 0.6 is 0 Å². The Hall–Kier alpha value is -3.09. The molecule has 0 radical (unpaired) electrons. The Bertz CT molecular complexity index is 924. The van der Waals surface area contributed by atoms with Crippen molar-refractivity contribution in [2.75, 3.05) is 13.2 Å². The van der Waals surface area contributed by atoms with Gasteiger partial charge in [0.05, 0.1) is 6.10 Å². The maximum absolute atomic E-state index is 11.9. The molecule has 7 heteroatoms. The number of hydrogen-bond acceptors (Lipinski definition) is 7. The Morgan fingerprint density at radius 3 is 2.64 bits per heavy atom. The summed E-state index contributed by atoms with van der Waals surface area (Å²) in [4.78, 5) is 35.2. The molecule has 0 atom stereocenters. The van der Waals surface area contributed by atoms with Crippen molar-refractivity contribution in [2.45, 2.75) is 39.7 Å². The van der Waals surface area contributed by atoms with Crippen LogP contribution in [-0.2, 0) is 25.5 Å². The van der Waals surface area contributed by atoms with Gasteiger partial charge in [-0.2, -0.15) is 0 Å². The summed E-state index contributed by atoms with van der Waals surface area (Å²) in [5, 5.41) is 0.730. The molecule has 2 rings (SSSR count). The molecule has 0 amide bonds. The Morgan fingerprint density at radius 2 is 1.96 bits per heavy atom. The molecule has 2 aromatic rings. The topological polar surface area (TPSA) is 92.0 Å². The average Bonchev–Trinajstić information content (AvgIpc) is 2.62. The van der Waals surface area contributed by atoms with Gasteiger partial charge in [-0.3, -0.25) is 4.79 Å². The van der Waals surface area contributed by atoms with Crippen molar-refractivity contribution in [3.63, 3.8) is 0 Å². The minimum Gasteiger partial charge on any atom is -0.481 e. The van der Waals surface area contributed by atoms with Gasteiger partial charge in [-0.15, -0.1) is 0 Å². The summed E-state index contributed by atoms with van der Waals surface area (Å²) in [7, 11) is 0. The van der Waals surface area contributed by atoms with Crippen molar-refractivity contribution in [1.82, 2.24) is 0 Å². The molecule has 7 nitrogen and oxygen atoms in total. The standard InChI is InChI=1S/C21H24O7/c1-5-8-25-21(24)12-26-17-11-18-16(14(4)9-20(23)28-18)10-15(17)6-7-19(22)27-13(2)3/h5,9-11,13H,1,6-8,12H2,2-4H3. The molecular weight excluding hydrogens is 364 g/mol. The van der Waals surface area contributed by atoms with E-state index in [1.807, 2.05) is 0 Å². The number of hydrogen-bond donors (Lipinski definition) is 0. The van der Waals surface area contributed by atoms with Crippen LogP contribution < -0.4 is 10.4 Å². The molecule has 1 aromatic heterocycles. The molecule has 0 fully saturated rings. The highest BCUT2D eigenvalue weighted by atomic mass is 16.6. The van der Waals surface area contributed by atoms with Crippen LogP contribution in [0.4, 0.5) is 0 Å². The van der Waals surface area contributed by atoms with Gasteiger partial charge in [0.15, 0.2) is 6.61 Å². The number of carbonyl (C=O) groups excluding carboxylic acids is 2. The average molecular weight is 388 g/mol. The first-order valence-electron chi connectivity index (χ1n) is 8.96. The largest absolute Gasteiger partial charge is 0.481 e. The van der Waals surface area contributed by atoms with E-state index >= 15 is 0 Å². The van der Waals surface area contributed by atoms with Gasteiger partial charge in [0.1, 0.15) is 17.9 Å². The second-order valence-corrected chi connectivity index (χ2v) is 6.50. The number of esters is 2. The van der Waals surface area contributed by atoms with Crippen LogP contribution in [0.15, 0.2) is 40.1 Å². The lowest BCUT2D eigenvalue weighted by Crippen LogP contribution is -2.16. The van der Waals surface area contributed by atoms with Crippen LogP contribution in [-0.4, -0.2) is 31.3 Å². The lowest BCUT2D eigenvalue weighted by atomic mass is 10.0. The Labute approximate surface area is 162 Å². The van der Waals surface area contributed by atoms with Crippen molar-refractivity contribution in [2.24, 2.45) is 0 Å². The molecule has 0 saturated carbocycles. The molecule has 1 aromatic carbocycles. The van der Waals surface area contributed by atoms with Crippen molar-refractivity contribution >= 4 is 22.9 Å². The minimum atomic E-state index is -0.559. The van der Waals surface area contributed by atoms with Gasteiger partial charge in [-0.25, -0.2) is 9.59 Å². The lowest BCUT2D eigenvalue weighted by molar-refractivity contribution is -0.147. The Morgan fingerprint density at radius 1 is 1.21 bits per heavy atom. The zero-order valence-corrected chi connectivity index (χ0v) is 16.3. The fourth-order valence-corrected chi connectivity index (χ4v) is 2.61. The molecule has 0 aliphatic heterocycles. The Kier molecular flexibility index (Phi) is 7.37. The Balaban J connectivity index is 2.29. The number of ether oxygens (including phenoxy) is 3. The van der Waals surface area contributed by atoms with Gasteiger partial charge in [0, 0.05) is 23.9 Å². The number of aryl methyl sites for hydroxylation is 2. The van der Waals surface area contributed by atoms with Crippen LogP contribution in [0.1, 0.15) is 31.4 Å². The molecule has 0 saturated heterocycles. The van der Waals surface area contributed by atoms with Crippen LogP contribution in [0.25, 0.3) is 11.0 Å². The summed E-state index contributed by atoms with van der Waals surface area (Å²) in [6.45, 7) is 8.59. The minimum absolute atomic E-state index is 0.0852. The van der Waals surface area contributed by atoms with E-state index in [2.05, 4.69) is 6.58 Å². The second kappa shape index (κ2) is 9.73. The fraction of sp³-hybridized carbons (Fsp3) is 0.381. The highest BCUT2D eigenvalue weighted by molar-refractivity contribution is 5.83. The van der Waals surface area contributed by atoms with Gasteiger partial charge in [-0.05, 0) is 44.4 Å². The van der Waals surface area contributed by atoms with E-state index in [1.54, 1.807) is 32.9 Å². The summed E-state index contributed by atoms with van der Waals surface area (Å²) in [6.07, 6.45) is 1.75. The molecule has 0 bridgehead atoms. The van der Waals surface area contributed by atoms with E-state index in [-0.39, 0.29) is 31.7 Å². The summed E-state index contributed by atoms with van der Waals surface area (Å²) in [5.41, 5.74) is 1.30. The predicted molar refractivity (Wildman–Crippen MR) is 103 cm³/mol. The zero-order valence-electron chi connectivity index (χ0n) is 16.3. The monoisotopic (exact) mass is 388 g/mol. The van der Waals surface area contributed by atoms with Crippen molar-refractivity contribution in [3.8, 4) is 5.75 Å². The number of benzene rings is 1. The third-order valence-corrected chi connectivity index (χ3v) is 3.81. The normalized spacial score (nSPS) is 10.7. The van der Waals surface area contributed by atoms with Crippen LogP contribution in [0.3, 0.4) is 0 Å². The molecule has 1 heterocycles. The molecule has 0 aliphatic rings. The van der Waals surface area contributed by atoms with Gasteiger partial charge < -0.3 is 18.6 Å².